The van der Waals surface area contributed by atoms with Gasteiger partial charge in [0.1, 0.15) is 5.82 Å². The van der Waals surface area contributed by atoms with Crippen molar-refractivity contribution in [3.8, 4) is 0 Å². The van der Waals surface area contributed by atoms with E-state index in [4.69, 9.17) is 5.73 Å². The van der Waals surface area contributed by atoms with Gasteiger partial charge >= 0.3 is 0 Å². The van der Waals surface area contributed by atoms with Crippen LogP contribution in [0.15, 0.2) is 29.3 Å². The van der Waals surface area contributed by atoms with E-state index in [1.54, 1.807) is 19.9 Å². The average Bonchev–Trinajstić information content (AvgIpc) is 2.41. The second-order valence-electron chi connectivity index (χ2n) is 4.59. The Labute approximate surface area is 125 Å². The van der Waals surface area contributed by atoms with Gasteiger partial charge in [-0.05, 0) is 32.0 Å². The number of nitrogens with two attached hydrogens (primary N) is 1. The third-order valence-corrected chi connectivity index (χ3v) is 4.11. The van der Waals surface area contributed by atoms with Crippen molar-refractivity contribution in [2.24, 2.45) is 0 Å². The van der Waals surface area contributed by atoms with Crippen LogP contribution in [0.4, 0.5) is 15.8 Å². The predicted octanol–water partition coefficient (Wildman–Crippen LogP) is 3.62. The number of benzene rings is 1. The molecule has 0 aliphatic heterocycles. The summed E-state index contributed by atoms with van der Waals surface area (Å²) in [6, 6.07) is 4.55. The first-order valence-electron chi connectivity index (χ1n) is 6.17. The monoisotopic (exact) mass is 307 g/mol. The van der Waals surface area contributed by atoms with Gasteiger partial charge in [0, 0.05) is 28.0 Å². The van der Waals surface area contributed by atoms with Gasteiger partial charge in [0.2, 0.25) is 0 Å². The number of hydrogen-bond donors (Lipinski definition) is 1. The number of pyridine rings is 1. The van der Waals surface area contributed by atoms with Gasteiger partial charge in [0.05, 0.1) is 16.3 Å². The molecule has 0 saturated heterocycles. The summed E-state index contributed by atoms with van der Waals surface area (Å²) >= 11 is 1.36. The van der Waals surface area contributed by atoms with Crippen molar-refractivity contribution in [1.29, 1.82) is 0 Å². The minimum atomic E-state index is -0.473. The molecule has 0 aliphatic rings. The summed E-state index contributed by atoms with van der Waals surface area (Å²) in [5, 5.41) is 11.1. The third-order valence-electron chi connectivity index (χ3n) is 3.11. The van der Waals surface area contributed by atoms with Crippen LogP contribution in [-0.2, 0) is 5.75 Å². The molecule has 0 unspecified atom stereocenters. The number of thioether (sulfide) groups is 1. The van der Waals surface area contributed by atoms with Crippen molar-refractivity contribution in [2.45, 2.75) is 24.5 Å². The smallest absolute Gasteiger partial charge is 0.278 e. The van der Waals surface area contributed by atoms with Gasteiger partial charge in [-0.15, -0.1) is 11.8 Å². The van der Waals surface area contributed by atoms with Gasteiger partial charge in [0.15, 0.2) is 0 Å². The molecule has 0 fully saturated rings. The molecular weight excluding hydrogens is 293 g/mol. The van der Waals surface area contributed by atoms with E-state index in [2.05, 4.69) is 4.98 Å². The molecule has 7 heteroatoms. The second kappa shape index (κ2) is 6.09. The molecule has 0 atom stereocenters. The number of nitrogens with zero attached hydrogens (tertiary/aromatic N) is 2. The van der Waals surface area contributed by atoms with Gasteiger partial charge in [-0.3, -0.25) is 15.1 Å². The highest BCUT2D eigenvalue weighted by molar-refractivity contribution is 7.98. The van der Waals surface area contributed by atoms with Crippen LogP contribution in [0.2, 0.25) is 0 Å². The third kappa shape index (κ3) is 3.30. The van der Waals surface area contributed by atoms with Gasteiger partial charge in [-0.1, -0.05) is 0 Å². The van der Waals surface area contributed by atoms with Crippen molar-refractivity contribution in [3.05, 3.63) is 57.1 Å². The van der Waals surface area contributed by atoms with Gasteiger partial charge in [-0.2, -0.15) is 0 Å². The molecule has 0 amide bonds. The summed E-state index contributed by atoms with van der Waals surface area (Å²) in [4.78, 5) is 15.6. The number of aryl methyl sites for hydroxylation is 1. The molecule has 0 radical (unpaired) electrons. The standard InChI is InChI=1S/C14H14FN3O2S/c1-8-6-17-13(9(2)14(8)18(19)20)7-21-10-3-4-12(16)11(15)5-10/h3-6H,7,16H2,1-2H3. The molecule has 2 rings (SSSR count). The van der Waals surface area contributed by atoms with E-state index in [1.807, 2.05) is 0 Å². The van der Waals surface area contributed by atoms with E-state index in [0.717, 1.165) is 0 Å². The molecule has 0 saturated carbocycles. The van der Waals surface area contributed by atoms with Crippen LogP contribution < -0.4 is 5.73 Å². The number of aromatic nitrogens is 1. The summed E-state index contributed by atoms with van der Waals surface area (Å²) in [7, 11) is 0. The van der Waals surface area contributed by atoms with Gasteiger partial charge in [-0.25, -0.2) is 4.39 Å². The number of hydrogen-bond acceptors (Lipinski definition) is 5. The molecule has 1 aromatic heterocycles. The number of anilines is 1. The molecule has 1 heterocycles. The van der Waals surface area contributed by atoms with Crippen molar-refractivity contribution in [3.63, 3.8) is 0 Å². The van der Waals surface area contributed by atoms with Crippen LogP contribution in [0.1, 0.15) is 16.8 Å². The Bertz CT molecular complexity index is 707. The fourth-order valence-corrected chi connectivity index (χ4v) is 2.89. The zero-order chi connectivity index (χ0) is 15.6. The first-order valence-corrected chi connectivity index (χ1v) is 7.16. The van der Waals surface area contributed by atoms with Crippen LogP contribution in [-0.4, -0.2) is 9.91 Å². The van der Waals surface area contributed by atoms with Crippen LogP contribution in [0.5, 0.6) is 0 Å². The Morgan fingerprint density at radius 3 is 2.76 bits per heavy atom. The fraction of sp³-hybridized carbons (Fsp3) is 0.214. The topological polar surface area (TPSA) is 82.0 Å². The fourth-order valence-electron chi connectivity index (χ4n) is 1.94. The highest BCUT2D eigenvalue weighted by atomic mass is 32.2. The number of nitro groups is 1. The number of halogens is 1. The van der Waals surface area contributed by atoms with E-state index in [9.17, 15) is 14.5 Å². The van der Waals surface area contributed by atoms with Crippen molar-refractivity contribution < 1.29 is 9.31 Å². The van der Waals surface area contributed by atoms with E-state index >= 15 is 0 Å². The molecule has 0 bridgehead atoms. The normalized spacial score (nSPS) is 10.6. The minimum Gasteiger partial charge on any atom is -0.396 e. The first-order chi connectivity index (χ1) is 9.90. The molecule has 2 N–H and O–H groups in total. The van der Waals surface area contributed by atoms with Crippen LogP contribution in [0, 0.1) is 29.8 Å². The zero-order valence-corrected chi connectivity index (χ0v) is 12.4. The Morgan fingerprint density at radius 1 is 1.43 bits per heavy atom. The van der Waals surface area contributed by atoms with Gasteiger partial charge in [0.25, 0.3) is 5.69 Å². The van der Waals surface area contributed by atoms with Crippen LogP contribution in [0.25, 0.3) is 0 Å². The highest BCUT2D eigenvalue weighted by Crippen LogP contribution is 2.29. The Morgan fingerprint density at radius 2 is 2.14 bits per heavy atom. The largest absolute Gasteiger partial charge is 0.396 e. The lowest BCUT2D eigenvalue weighted by atomic mass is 10.1. The maximum Gasteiger partial charge on any atom is 0.278 e. The van der Waals surface area contributed by atoms with E-state index in [-0.39, 0.29) is 11.4 Å². The lowest BCUT2D eigenvalue weighted by Crippen LogP contribution is -2.01. The van der Waals surface area contributed by atoms with E-state index < -0.39 is 10.7 Å². The van der Waals surface area contributed by atoms with Crippen molar-refractivity contribution in [1.82, 2.24) is 4.98 Å². The molecule has 21 heavy (non-hydrogen) atoms. The molecule has 1 aromatic carbocycles. The Hall–Kier alpha value is -2.15. The quantitative estimate of drug-likeness (QED) is 0.404. The maximum absolute atomic E-state index is 13.4. The highest BCUT2D eigenvalue weighted by Gasteiger charge is 2.18. The Balaban J connectivity index is 2.22. The van der Waals surface area contributed by atoms with Gasteiger partial charge < -0.3 is 5.73 Å². The summed E-state index contributed by atoms with van der Waals surface area (Å²) in [6.45, 7) is 3.34. The average molecular weight is 307 g/mol. The lowest BCUT2D eigenvalue weighted by molar-refractivity contribution is -0.386. The molecule has 5 nitrogen and oxygen atoms in total. The molecule has 2 aromatic rings. The van der Waals surface area contributed by atoms with Crippen LogP contribution in [0.3, 0.4) is 0 Å². The predicted molar refractivity (Wildman–Crippen MR) is 80.7 cm³/mol. The Kier molecular flexibility index (Phi) is 4.42. The first kappa shape index (κ1) is 15.2. The molecule has 110 valence electrons. The SMILES string of the molecule is Cc1cnc(CSc2ccc(N)c(F)c2)c(C)c1[N+](=O)[O-]. The van der Waals surface area contributed by atoms with Crippen molar-refractivity contribution in [2.75, 3.05) is 5.73 Å². The van der Waals surface area contributed by atoms with Crippen molar-refractivity contribution >= 4 is 23.1 Å². The summed E-state index contributed by atoms with van der Waals surface area (Å²) < 4.78 is 13.4. The number of nitrogen functional groups attached to an aromatic ring is 1. The number of rotatable bonds is 4. The summed E-state index contributed by atoms with van der Waals surface area (Å²) in [5.41, 5.74) is 7.30. The maximum atomic E-state index is 13.4. The van der Waals surface area contributed by atoms with E-state index in [1.165, 1.54) is 30.1 Å². The molecular formula is C14H14FN3O2S. The second-order valence-corrected chi connectivity index (χ2v) is 5.64. The summed E-state index contributed by atoms with van der Waals surface area (Å²) in [5.74, 6) is -0.0457. The lowest BCUT2D eigenvalue weighted by Gasteiger charge is -2.08. The molecule has 0 aliphatic carbocycles. The van der Waals surface area contributed by atoms with E-state index in [0.29, 0.717) is 27.5 Å². The van der Waals surface area contributed by atoms with Crippen LogP contribution >= 0.6 is 11.8 Å². The minimum absolute atomic E-state index is 0.0871. The summed E-state index contributed by atoms with van der Waals surface area (Å²) in [6.07, 6.45) is 1.49. The zero-order valence-electron chi connectivity index (χ0n) is 11.6. The molecule has 0 spiro atoms.